The molecule has 0 heterocycles. The highest BCUT2D eigenvalue weighted by molar-refractivity contribution is 7.86. The van der Waals surface area contributed by atoms with Gasteiger partial charge in [-0.05, 0) is 37.5 Å². The van der Waals surface area contributed by atoms with Crippen molar-refractivity contribution in [2.24, 2.45) is 0 Å². The summed E-state index contributed by atoms with van der Waals surface area (Å²) in [6, 6.07) is 15.0. The fraction of sp³-hybridized carbons (Fsp3) is 0.200. The molecule has 2 rings (SSSR count). The van der Waals surface area contributed by atoms with Crippen LogP contribution in [-0.2, 0) is 30.3 Å². The lowest BCUT2D eigenvalue weighted by molar-refractivity contribution is -0.140. The van der Waals surface area contributed by atoms with E-state index < -0.39 is 33.4 Å². The quantitative estimate of drug-likeness (QED) is 0.217. The Bertz CT molecular complexity index is 959. The van der Waals surface area contributed by atoms with E-state index in [2.05, 4.69) is 0 Å². The van der Waals surface area contributed by atoms with Gasteiger partial charge in [-0.1, -0.05) is 48.0 Å². The highest BCUT2D eigenvalue weighted by atomic mass is 32.2. The SMILES string of the molecule is Cc1ccc(S(=O)(=O)OC(CCCc2ccccc2)=C(C(=O)O)C(=O)O)cc1. The predicted molar refractivity (Wildman–Crippen MR) is 101 cm³/mol. The summed E-state index contributed by atoms with van der Waals surface area (Å²) in [7, 11) is -4.37. The zero-order chi connectivity index (χ0) is 20.7. The largest absolute Gasteiger partial charge is 0.477 e. The number of aliphatic carboxylic acids is 2. The maximum absolute atomic E-state index is 12.5. The van der Waals surface area contributed by atoms with Crippen LogP contribution < -0.4 is 0 Å². The number of hydrogen-bond donors (Lipinski definition) is 2. The first kappa shape index (κ1) is 21.2. The summed E-state index contributed by atoms with van der Waals surface area (Å²) in [6.07, 6.45) is 0.658. The summed E-state index contributed by atoms with van der Waals surface area (Å²) in [6.45, 7) is 1.78. The Morgan fingerprint density at radius 3 is 2.04 bits per heavy atom. The molecule has 0 atom stereocenters. The molecule has 28 heavy (non-hydrogen) atoms. The molecule has 2 N–H and O–H groups in total. The number of allylic oxidation sites excluding steroid dienone is 1. The fourth-order valence-electron chi connectivity index (χ4n) is 2.52. The second-order valence-corrected chi connectivity index (χ2v) is 7.64. The molecule has 2 aromatic carbocycles. The number of rotatable bonds is 9. The van der Waals surface area contributed by atoms with Crippen LogP contribution in [0.5, 0.6) is 0 Å². The van der Waals surface area contributed by atoms with Crippen LogP contribution in [0.1, 0.15) is 24.0 Å². The summed E-state index contributed by atoms with van der Waals surface area (Å²) in [5.41, 5.74) is 0.688. The number of hydrogen-bond acceptors (Lipinski definition) is 5. The van der Waals surface area contributed by atoms with E-state index >= 15 is 0 Å². The van der Waals surface area contributed by atoms with Crippen LogP contribution in [0, 0.1) is 6.92 Å². The summed E-state index contributed by atoms with van der Waals surface area (Å²) >= 11 is 0. The monoisotopic (exact) mass is 404 g/mol. The number of benzene rings is 2. The fourth-order valence-corrected chi connectivity index (χ4v) is 3.52. The van der Waals surface area contributed by atoms with Gasteiger partial charge in [0.05, 0.1) is 0 Å². The smallest absolute Gasteiger partial charge is 0.346 e. The first-order valence-corrected chi connectivity index (χ1v) is 9.86. The lowest BCUT2D eigenvalue weighted by Gasteiger charge is -2.13. The molecule has 0 aliphatic carbocycles. The standard InChI is InChI=1S/C20H20O7S/c1-14-10-12-16(13-11-14)28(25,26)27-17(18(19(21)22)20(23)24)9-5-8-15-6-3-2-4-7-15/h2-4,6-7,10-13H,5,8-9H2,1H3,(H,21,22)(H,23,24). The molecule has 0 fully saturated rings. The number of carboxylic acids is 2. The zero-order valence-electron chi connectivity index (χ0n) is 15.2. The van der Waals surface area contributed by atoms with Crippen LogP contribution >= 0.6 is 0 Å². The van der Waals surface area contributed by atoms with Crippen molar-refractivity contribution in [1.29, 1.82) is 0 Å². The molecule has 0 unspecified atom stereocenters. The molecule has 0 radical (unpaired) electrons. The van der Waals surface area contributed by atoms with Gasteiger partial charge in [0.25, 0.3) is 0 Å². The summed E-state index contributed by atoms with van der Waals surface area (Å²) in [5, 5.41) is 18.4. The first-order valence-electron chi connectivity index (χ1n) is 8.45. The summed E-state index contributed by atoms with van der Waals surface area (Å²) in [5.74, 6) is -4.13. The van der Waals surface area contributed by atoms with Gasteiger partial charge in [-0.3, -0.25) is 0 Å². The van der Waals surface area contributed by atoms with Gasteiger partial charge in [0.1, 0.15) is 10.7 Å². The average molecular weight is 404 g/mol. The molecule has 0 aliphatic rings. The number of carbonyl (C=O) groups is 2. The van der Waals surface area contributed by atoms with E-state index in [4.69, 9.17) is 4.18 Å². The van der Waals surface area contributed by atoms with Gasteiger partial charge in [-0.25, -0.2) is 9.59 Å². The van der Waals surface area contributed by atoms with Crippen LogP contribution in [0.3, 0.4) is 0 Å². The van der Waals surface area contributed by atoms with Crippen LogP contribution in [0.4, 0.5) is 0 Å². The summed E-state index contributed by atoms with van der Waals surface area (Å²) in [4.78, 5) is 22.6. The zero-order valence-corrected chi connectivity index (χ0v) is 16.0. The molecule has 0 amide bonds. The Balaban J connectivity index is 2.30. The minimum absolute atomic E-state index is 0.159. The van der Waals surface area contributed by atoms with Gasteiger partial charge < -0.3 is 14.4 Å². The van der Waals surface area contributed by atoms with Crippen LogP contribution in [0.25, 0.3) is 0 Å². The van der Waals surface area contributed by atoms with Crippen molar-refractivity contribution >= 4 is 22.1 Å². The molecule has 2 aromatic rings. The van der Waals surface area contributed by atoms with Crippen molar-refractivity contribution in [1.82, 2.24) is 0 Å². The van der Waals surface area contributed by atoms with E-state index in [9.17, 15) is 28.2 Å². The highest BCUT2D eigenvalue weighted by Gasteiger charge is 2.28. The third-order valence-electron chi connectivity index (χ3n) is 3.94. The molecule has 0 aliphatic heterocycles. The van der Waals surface area contributed by atoms with Gasteiger partial charge in [0.2, 0.25) is 0 Å². The van der Waals surface area contributed by atoms with E-state index in [0.29, 0.717) is 12.8 Å². The van der Waals surface area contributed by atoms with Gasteiger partial charge in [0, 0.05) is 6.42 Å². The maximum atomic E-state index is 12.5. The van der Waals surface area contributed by atoms with Crippen molar-refractivity contribution in [2.75, 3.05) is 0 Å². The third kappa shape index (κ3) is 5.68. The molecule has 8 heteroatoms. The van der Waals surface area contributed by atoms with Crippen molar-refractivity contribution in [3.8, 4) is 0 Å². The van der Waals surface area contributed by atoms with E-state index in [0.717, 1.165) is 11.1 Å². The summed E-state index contributed by atoms with van der Waals surface area (Å²) < 4.78 is 30.0. The Kier molecular flexibility index (Phi) is 6.94. The topological polar surface area (TPSA) is 118 Å². The molecular weight excluding hydrogens is 384 g/mol. The average Bonchev–Trinajstić information content (AvgIpc) is 2.62. The molecule has 148 valence electrons. The molecule has 7 nitrogen and oxygen atoms in total. The van der Waals surface area contributed by atoms with Crippen molar-refractivity contribution < 1.29 is 32.4 Å². The van der Waals surface area contributed by atoms with E-state index in [1.165, 1.54) is 12.1 Å². The Hall–Kier alpha value is -3.13. The second kappa shape index (κ2) is 9.18. The minimum atomic E-state index is -4.37. The Morgan fingerprint density at radius 1 is 0.929 bits per heavy atom. The van der Waals surface area contributed by atoms with E-state index in [1.54, 1.807) is 19.1 Å². The van der Waals surface area contributed by atoms with E-state index in [-0.39, 0.29) is 11.3 Å². The van der Waals surface area contributed by atoms with E-state index in [1.807, 2.05) is 30.3 Å². The first-order chi connectivity index (χ1) is 13.2. The van der Waals surface area contributed by atoms with Crippen molar-refractivity contribution in [3.05, 3.63) is 77.1 Å². The predicted octanol–water partition coefficient (Wildman–Crippen LogP) is 3.15. The lowest BCUT2D eigenvalue weighted by Crippen LogP contribution is -2.18. The van der Waals surface area contributed by atoms with Crippen molar-refractivity contribution in [3.63, 3.8) is 0 Å². The van der Waals surface area contributed by atoms with Crippen molar-refractivity contribution in [2.45, 2.75) is 31.1 Å². The molecule has 0 saturated heterocycles. The van der Waals surface area contributed by atoms with Gasteiger partial charge >= 0.3 is 22.1 Å². The van der Waals surface area contributed by atoms with Gasteiger partial charge in [0.15, 0.2) is 5.57 Å². The maximum Gasteiger partial charge on any atom is 0.346 e. The van der Waals surface area contributed by atoms with Crippen LogP contribution in [-0.4, -0.2) is 30.6 Å². The molecule has 0 bridgehead atoms. The minimum Gasteiger partial charge on any atom is -0.477 e. The Morgan fingerprint density at radius 2 is 1.50 bits per heavy atom. The second-order valence-electron chi connectivity index (χ2n) is 6.10. The van der Waals surface area contributed by atoms with Gasteiger partial charge in [-0.15, -0.1) is 0 Å². The third-order valence-corrected chi connectivity index (χ3v) is 5.21. The molecule has 0 saturated carbocycles. The van der Waals surface area contributed by atoms with Gasteiger partial charge in [-0.2, -0.15) is 8.42 Å². The Labute approximate surface area is 163 Å². The lowest BCUT2D eigenvalue weighted by atomic mass is 10.1. The molecular formula is C20H20O7S. The van der Waals surface area contributed by atoms with Crippen LogP contribution in [0.15, 0.2) is 70.8 Å². The molecule has 0 spiro atoms. The normalized spacial score (nSPS) is 10.9. The number of carboxylic acid groups (broad SMARTS) is 2. The molecule has 0 aromatic heterocycles. The number of aryl methyl sites for hydroxylation is 2. The van der Waals surface area contributed by atoms with Crippen LogP contribution in [0.2, 0.25) is 0 Å². The highest BCUT2D eigenvalue weighted by Crippen LogP contribution is 2.23.